The van der Waals surface area contributed by atoms with Crippen molar-refractivity contribution in [3.05, 3.63) is 71.3 Å². The molecule has 2 nitrogen and oxygen atoms in total. The summed E-state index contributed by atoms with van der Waals surface area (Å²) >= 11 is 4.62. The number of alkyl halides is 3. The molecule has 3 rings (SSSR count). The first kappa shape index (κ1) is 23.2. The van der Waals surface area contributed by atoms with Crippen LogP contribution in [0.3, 0.4) is 0 Å². The molecule has 1 aliphatic carbocycles. The normalized spacial score (nSPS) is 20.5. The van der Waals surface area contributed by atoms with E-state index in [0.29, 0.717) is 12.1 Å². The summed E-state index contributed by atoms with van der Waals surface area (Å²) < 4.78 is 87.3. The minimum Gasteiger partial charge on any atom is -0.460 e. The van der Waals surface area contributed by atoms with Crippen LogP contribution in [-0.2, 0) is 16.1 Å². The zero-order chi connectivity index (χ0) is 23.1. The summed E-state index contributed by atoms with van der Waals surface area (Å²) in [7, 11) is 0. The summed E-state index contributed by atoms with van der Waals surface area (Å²) in [6.45, 7) is 2.19. The Morgan fingerprint density at radius 1 is 1.16 bits per heavy atom. The number of hydrogen-bond acceptors (Lipinski definition) is 2. The maximum absolute atomic E-state index is 14.9. The molecule has 1 fully saturated rings. The first-order valence-electron chi connectivity index (χ1n) is 9.18. The van der Waals surface area contributed by atoms with Gasteiger partial charge in [-0.15, -0.1) is 0 Å². The van der Waals surface area contributed by atoms with E-state index in [4.69, 9.17) is 4.74 Å². The fraction of sp³-hybridized carbons (Fsp3) is 0.318. The topological polar surface area (TPSA) is 26.3 Å². The van der Waals surface area contributed by atoms with E-state index in [-0.39, 0.29) is 5.56 Å². The average molecular weight is 463 g/mol. The van der Waals surface area contributed by atoms with Gasteiger partial charge in [-0.05, 0) is 34.6 Å². The van der Waals surface area contributed by atoms with Gasteiger partial charge in [0.1, 0.15) is 24.1 Å². The van der Waals surface area contributed by atoms with Crippen LogP contribution in [0, 0.1) is 34.7 Å². The molecule has 0 N–H and O–H groups in total. The lowest BCUT2D eigenvalue weighted by atomic mass is 10.0. The van der Waals surface area contributed by atoms with E-state index in [1.807, 2.05) is 0 Å². The van der Waals surface area contributed by atoms with Crippen LogP contribution in [0.1, 0.15) is 19.4 Å². The summed E-state index contributed by atoms with van der Waals surface area (Å²) in [6, 6.07) is 8.07. The lowest BCUT2D eigenvalue weighted by molar-refractivity contribution is -0.147. The highest BCUT2D eigenvalue weighted by atomic mass is 35.5. The van der Waals surface area contributed by atoms with Gasteiger partial charge in [0.05, 0.1) is 17.0 Å². The third-order valence-corrected chi connectivity index (χ3v) is 5.63. The Kier molecular flexibility index (Phi) is 6.15. The Bertz CT molecular complexity index is 1030. The van der Waals surface area contributed by atoms with Gasteiger partial charge in [-0.25, -0.2) is 17.6 Å². The third kappa shape index (κ3) is 4.59. The molecule has 166 valence electrons. The summed E-state index contributed by atoms with van der Waals surface area (Å²) in [5.41, 5.74) is -1.91. The van der Waals surface area contributed by atoms with Crippen molar-refractivity contribution in [2.24, 2.45) is 17.3 Å². The molecule has 0 heterocycles. The van der Waals surface area contributed by atoms with Gasteiger partial charge < -0.3 is 4.74 Å². The largest absolute Gasteiger partial charge is 0.460 e. The van der Waals surface area contributed by atoms with Crippen LogP contribution in [0.5, 0.6) is 0 Å². The van der Waals surface area contributed by atoms with E-state index in [0.717, 1.165) is 0 Å². The Morgan fingerprint density at radius 3 is 2.35 bits per heavy atom. The summed E-state index contributed by atoms with van der Waals surface area (Å²) in [4.78, 5) is 12.4. The van der Waals surface area contributed by atoms with Crippen LogP contribution < -0.4 is 0 Å². The van der Waals surface area contributed by atoms with Crippen molar-refractivity contribution in [1.82, 2.24) is 0 Å². The number of ether oxygens (including phenoxy) is 1. The van der Waals surface area contributed by atoms with Crippen molar-refractivity contribution < 1.29 is 35.9 Å². The second kappa shape index (κ2) is 8.22. The van der Waals surface area contributed by atoms with Crippen LogP contribution in [-0.4, -0.2) is 11.4 Å². The summed E-state index contributed by atoms with van der Waals surface area (Å²) in [6.07, 6.45) is 0.547. The van der Waals surface area contributed by atoms with Gasteiger partial charge in [0.25, 0.3) is 0 Å². The van der Waals surface area contributed by atoms with Gasteiger partial charge in [-0.1, -0.05) is 44.2 Å². The second-order valence-electron chi connectivity index (χ2n) is 7.82. The van der Waals surface area contributed by atoms with Crippen LogP contribution >= 0.6 is 11.6 Å². The van der Waals surface area contributed by atoms with Crippen molar-refractivity contribution in [3.8, 4) is 11.1 Å². The number of carbonyl (C=O) groups excluding carboxylic acids is 1. The number of carbonyl (C=O) groups is 1. The van der Waals surface area contributed by atoms with Crippen LogP contribution in [0.4, 0.5) is 26.3 Å². The van der Waals surface area contributed by atoms with E-state index in [9.17, 15) is 31.1 Å². The van der Waals surface area contributed by atoms with Gasteiger partial charge in [0, 0.05) is 6.07 Å². The maximum Gasteiger partial charge on any atom is 0.373 e. The van der Waals surface area contributed by atoms with E-state index in [1.165, 1.54) is 26.0 Å². The SMILES string of the molecule is CC1(C)[C@H](C=C(F)C(F)(F)Cl)[C@@H]1C(=O)OCc1c(F)cc(F)c(-c2ccccc2)c1F. The van der Waals surface area contributed by atoms with Crippen molar-refractivity contribution >= 4 is 17.6 Å². The lowest BCUT2D eigenvalue weighted by Gasteiger charge is -2.12. The molecule has 0 spiro atoms. The third-order valence-electron chi connectivity index (χ3n) is 5.45. The first-order valence-corrected chi connectivity index (χ1v) is 9.56. The first-order chi connectivity index (χ1) is 14.4. The highest BCUT2D eigenvalue weighted by Crippen LogP contribution is 2.60. The van der Waals surface area contributed by atoms with Crippen LogP contribution in [0.25, 0.3) is 11.1 Å². The molecule has 0 radical (unpaired) electrons. The Morgan fingerprint density at radius 2 is 1.77 bits per heavy atom. The van der Waals surface area contributed by atoms with E-state index >= 15 is 0 Å². The predicted molar refractivity (Wildman–Crippen MR) is 102 cm³/mol. The van der Waals surface area contributed by atoms with E-state index in [2.05, 4.69) is 11.6 Å². The smallest absolute Gasteiger partial charge is 0.373 e. The fourth-order valence-corrected chi connectivity index (χ4v) is 3.62. The van der Waals surface area contributed by atoms with Crippen LogP contribution in [0.15, 0.2) is 48.3 Å². The molecule has 2 aromatic rings. The number of allylic oxidation sites excluding steroid dienone is 2. The molecule has 0 aliphatic heterocycles. The van der Waals surface area contributed by atoms with Crippen molar-refractivity contribution in [2.75, 3.05) is 0 Å². The van der Waals surface area contributed by atoms with E-state index < -0.39 is 69.6 Å². The number of esters is 1. The van der Waals surface area contributed by atoms with Crippen molar-refractivity contribution in [3.63, 3.8) is 0 Å². The van der Waals surface area contributed by atoms with Gasteiger partial charge in [-0.2, -0.15) is 8.78 Å². The Labute approximate surface area is 179 Å². The average Bonchev–Trinajstić information content (AvgIpc) is 3.21. The molecule has 0 bridgehead atoms. The lowest BCUT2D eigenvalue weighted by Crippen LogP contribution is -2.13. The number of halogens is 7. The molecule has 0 unspecified atom stereocenters. The summed E-state index contributed by atoms with van der Waals surface area (Å²) in [5.74, 6) is -8.41. The molecule has 2 aromatic carbocycles. The zero-order valence-electron chi connectivity index (χ0n) is 16.4. The molecule has 0 amide bonds. The highest BCUT2D eigenvalue weighted by molar-refractivity contribution is 6.23. The second-order valence-corrected chi connectivity index (χ2v) is 8.29. The van der Waals surface area contributed by atoms with Gasteiger partial charge in [0.2, 0.25) is 0 Å². The number of hydrogen-bond donors (Lipinski definition) is 0. The van der Waals surface area contributed by atoms with E-state index in [1.54, 1.807) is 18.2 Å². The molecule has 0 aromatic heterocycles. The molecule has 1 aliphatic rings. The molecule has 9 heteroatoms. The van der Waals surface area contributed by atoms with Crippen molar-refractivity contribution in [2.45, 2.75) is 25.8 Å². The number of rotatable bonds is 6. The standard InChI is InChI=1S/C22H17ClF6O2/c1-21(2)13(8-16(26)22(23,28)29)18(21)20(30)31-10-12-14(24)9-15(25)17(19(12)27)11-6-4-3-5-7-11/h3-9,13,18H,10H2,1-2H3/t13-,18-/m1/s1. The Hall–Kier alpha value is -2.48. The van der Waals surface area contributed by atoms with Crippen LogP contribution in [0.2, 0.25) is 0 Å². The van der Waals surface area contributed by atoms with Crippen molar-refractivity contribution in [1.29, 1.82) is 0 Å². The zero-order valence-corrected chi connectivity index (χ0v) is 17.1. The fourth-order valence-electron chi connectivity index (χ4n) is 3.56. The minimum absolute atomic E-state index is 0.163. The van der Waals surface area contributed by atoms with Gasteiger partial charge in [-0.3, -0.25) is 4.79 Å². The van der Waals surface area contributed by atoms with Gasteiger partial charge in [0.15, 0.2) is 5.83 Å². The molecular formula is C22H17ClF6O2. The monoisotopic (exact) mass is 462 g/mol. The number of benzene rings is 2. The molecular weight excluding hydrogens is 446 g/mol. The van der Waals surface area contributed by atoms with Gasteiger partial charge >= 0.3 is 11.4 Å². The highest BCUT2D eigenvalue weighted by Gasteiger charge is 2.62. The molecule has 1 saturated carbocycles. The maximum atomic E-state index is 14.9. The Balaban J connectivity index is 1.80. The summed E-state index contributed by atoms with van der Waals surface area (Å²) in [5, 5.41) is -4.21. The predicted octanol–water partition coefficient (Wildman–Crippen LogP) is 6.77. The minimum atomic E-state index is -4.21. The molecule has 2 atom stereocenters. The quantitative estimate of drug-likeness (QED) is 0.269. The molecule has 31 heavy (non-hydrogen) atoms. The molecule has 0 saturated heterocycles.